The Labute approximate surface area is 73.8 Å². The van der Waals surface area contributed by atoms with Gasteiger partial charge in [-0.3, -0.25) is 4.21 Å². The molecule has 0 aliphatic carbocycles. The van der Waals surface area contributed by atoms with Gasteiger partial charge in [0.25, 0.3) is 0 Å². The van der Waals surface area contributed by atoms with E-state index >= 15 is 0 Å². The minimum atomic E-state index is -0.766. The first-order valence-electron chi connectivity index (χ1n) is 3.23. The van der Waals surface area contributed by atoms with Crippen LogP contribution in [0, 0.1) is 0 Å². The molecule has 0 aliphatic heterocycles. The fourth-order valence-corrected chi connectivity index (χ4v) is 1.60. The van der Waals surface area contributed by atoms with E-state index in [9.17, 15) is 4.21 Å². The second-order valence-corrected chi connectivity index (χ2v) is 4.22. The molecule has 60 valence electrons. The molecule has 1 aromatic rings. The molecule has 0 heterocycles. The van der Waals surface area contributed by atoms with Crippen LogP contribution in [0.2, 0.25) is 5.02 Å². The molecule has 1 rings (SSSR count). The van der Waals surface area contributed by atoms with Gasteiger partial charge in [-0.2, -0.15) is 0 Å². The van der Waals surface area contributed by atoms with E-state index in [1.54, 1.807) is 6.26 Å². The molecule has 0 amide bonds. The van der Waals surface area contributed by atoms with Crippen molar-refractivity contribution in [3.63, 3.8) is 0 Å². The van der Waals surface area contributed by atoms with Crippen LogP contribution in [0.4, 0.5) is 0 Å². The number of hydrogen-bond acceptors (Lipinski definition) is 1. The third-order valence-corrected chi connectivity index (χ3v) is 2.28. The lowest BCUT2D eigenvalue weighted by Crippen LogP contribution is -1.90. The van der Waals surface area contributed by atoms with Crippen molar-refractivity contribution in [2.24, 2.45) is 0 Å². The first-order valence-corrected chi connectivity index (χ1v) is 5.33. The van der Waals surface area contributed by atoms with Gasteiger partial charge in [0.1, 0.15) is 0 Å². The summed E-state index contributed by atoms with van der Waals surface area (Å²) >= 11 is 5.67. The Hall–Kier alpha value is -0.340. The zero-order chi connectivity index (χ0) is 8.27. The van der Waals surface area contributed by atoms with Gasteiger partial charge in [-0.05, 0) is 17.7 Å². The minimum Gasteiger partial charge on any atom is -0.260 e. The van der Waals surface area contributed by atoms with Gasteiger partial charge in [-0.25, -0.2) is 0 Å². The fourth-order valence-electron chi connectivity index (χ4n) is 0.815. The van der Waals surface area contributed by atoms with Crippen LogP contribution in [0.15, 0.2) is 24.3 Å². The standard InChI is InChI=1S/C8H9ClOS/c1-11(10)6-7-2-4-8(9)5-3-7/h2-5H,6H2,1H3/t11-/m0/s1. The van der Waals surface area contributed by atoms with E-state index < -0.39 is 10.8 Å². The maximum atomic E-state index is 10.8. The van der Waals surface area contributed by atoms with Crippen molar-refractivity contribution in [2.75, 3.05) is 6.26 Å². The fraction of sp³-hybridized carbons (Fsp3) is 0.250. The second kappa shape index (κ2) is 3.88. The first-order chi connectivity index (χ1) is 5.18. The lowest BCUT2D eigenvalue weighted by molar-refractivity contribution is 0.686. The van der Waals surface area contributed by atoms with Gasteiger partial charge in [0, 0.05) is 27.8 Å². The van der Waals surface area contributed by atoms with Gasteiger partial charge in [0.05, 0.1) is 0 Å². The summed E-state index contributed by atoms with van der Waals surface area (Å²) in [7, 11) is -0.766. The SMILES string of the molecule is C[S@](=O)Cc1ccc(Cl)cc1. The van der Waals surface area contributed by atoms with E-state index in [4.69, 9.17) is 11.6 Å². The van der Waals surface area contributed by atoms with E-state index in [0.29, 0.717) is 5.75 Å². The van der Waals surface area contributed by atoms with Crippen LogP contribution in [0.25, 0.3) is 0 Å². The van der Waals surface area contributed by atoms with E-state index in [-0.39, 0.29) is 0 Å². The highest BCUT2D eigenvalue weighted by Gasteiger charge is 1.94. The zero-order valence-electron chi connectivity index (χ0n) is 6.21. The van der Waals surface area contributed by atoms with Gasteiger partial charge in [0.2, 0.25) is 0 Å². The lowest BCUT2D eigenvalue weighted by Gasteiger charge is -1.96. The Bertz CT molecular complexity index is 255. The van der Waals surface area contributed by atoms with Crippen molar-refractivity contribution in [1.29, 1.82) is 0 Å². The predicted octanol–water partition coefficient (Wildman–Crippen LogP) is 2.22. The van der Waals surface area contributed by atoms with Crippen molar-refractivity contribution in [3.8, 4) is 0 Å². The van der Waals surface area contributed by atoms with E-state index in [0.717, 1.165) is 10.6 Å². The summed E-state index contributed by atoms with van der Waals surface area (Å²) in [5, 5.41) is 0.718. The van der Waals surface area contributed by atoms with Gasteiger partial charge >= 0.3 is 0 Å². The normalized spacial score (nSPS) is 12.9. The summed E-state index contributed by atoms with van der Waals surface area (Å²) in [6.45, 7) is 0. The Balaban J connectivity index is 2.74. The smallest absolute Gasteiger partial charge is 0.0482 e. The molecule has 0 bridgehead atoms. The molecular formula is C8H9ClOS. The molecule has 0 saturated heterocycles. The van der Waals surface area contributed by atoms with Crippen LogP contribution in [-0.2, 0) is 16.6 Å². The molecule has 1 nitrogen and oxygen atoms in total. The summed E-state index contributed by atoms with van der Waals surface area (Å²) in [5.41, 5.74) is 1.07. The average molecular weight is 189 g/mol. The number of rotatable bonds is 2. The molecular weight excluding hydrogens is 180 g/mol. The Morgan fingerprint density at radius 1 is 1.36 bits per heavy atom. The molecule has 0 unspecified atom stereocenters. The van der Waals surface area contributed by atoms with Crippen LogP contribution in [0.1, 0.15) is 5.56 Å². The Morgan fingerprint density at radius 3 is 2.36 bits per heavy atom. The Kier molecular flexibility index (Phi) is 3.09. The summed E-state index contributed by atoms with van der Waals surface area (Å²) < 4.78 is 10.8. The van der Waals surface area contributed by atoms with Crippen molar-refractivity contribution in [1.82, 2.24) is 0 Å². The van der Waals surface area contributed by atoms with Gasteiger partial charge < -0.3 is 0 Å². The largest absolute Gasteiger partial charge is 0.260 e. The number of benzene rings is 1. The summed E-state index contributed by atoms with van der Waals surface area (Å²) in [6, 6.07) is 7.40. The molecule has 0 N–H and O–H groups in total. The monoisotopic (exact) mass is 188 g/mol. The molecule has 0 aliphatic rings. The third kappa shape index (κ3) is 3.04. The molecule has 0 fully saturated rings. The van der Waals surface area contributed by atoms with Crippen molar-refractivity contribution >= 4 is 22.4 Å². The van der Waals surface area contributed by atoms with E-state index in [1.807, 2.05) is 24.3 Å². The first kappa shape index (κ1) is 8.75. The second-order valence-electron chi connectivity index (χ2n) is 2.34. The highest BCUT2D eigenvalue weighted by molar-refractivity contribution is 7.83. The van der Waals surface area contributed by atoms with Crippen LogP contribution in [0.3, 0.4) is 0 Å². The van der Waals surface area contributed by atoms with Crippen LogP contribution in [0.5, 0.6) is 0 Å². The van der Waals surface area contributed by atoms with E-state index in [2.05, 4.69) is 0 Å². The molecule has 1 aromatic carbocycles. The quantitative estimate of drug-likeness (QED) is 0.696. The van der Waals surface area contributed by atoms with Crippen LogP contribution < -0.4 is 0 Å². The maximum Gasteiger partial charge on any atom is 0.0482 e. The highest BCUT2D eigenvalue weighted by atomic mass is 35.5. The molecule has 0 spiro atoms. The Morgan fingerprint density at radius 2 is 1.91 bits per heavy atom. The van der Waals surface area contributed by atoms with Gasteiger partial charge in [-0.15, -0.1) is 0 Å². The maximum absolute atomic E-state index is 10.8. The molecule has 0 radical (unpaired) electrons. The third-order valence-electron chi connectivity index (χ3n) is 1.28. The molecule has 0 aromatic heterocycles. The lowest BCUT2D eigenvalue weighted by atomic mass is 10.2. The molecule has 0 saturated carbocycles. The molecule has 11 heavy (non-hydrogen) atoms. The minimum absolute atomic E-state index is 0.608. The highest BCUT2D eigenvalue weighted by Crippen LogP contribution is 2.10. The topological polar surface area (TPSA) is 17.1 Å². The molecule has 1 atom stereocenters. The van der Waals surface area contributed by atoms with Crippen molar-refractivity contribution in [2.45, 2.75) is 5.75 Å². The van der Waals surface area contributed by atoms with Gasteiger partial charge in [0.15, 0.2) is 0 Å². The van der Waals surface area contributed by atoms with Crippen LogP contribution >= 0.6 is 11.6 Å². The molecule has 3 heteroatoms. The summed E-state index contributed by atoms with van der Waals surface area (Å²) in [5.74, 6) is 0.608. The van der Waals surface area contributed by atoms with E-state index in [1.165, 1.54) is 0 Å². The zero-order valence-corrected chi connectivity index (χ0v) is 7.78. The number of hydrogen-bond donors (Lipinski definition) is 0. The number of halogens is 1. The van der Waals surface area contributed by atoms with Gasteiger partial charge in [-0.1, -0.05) is 23.7 Å². The average Bonchev–Trinajstić information content (AvgIpc) is 1.93. The van der Waals surface area contributed by atoms with Crippen molar-refractivity contribution in [3.05, 3.63) is 34.9 Å². The van der Waals surface area contributed by atoms with Crippen LogP contribution in [-0.4, -0.2) is 10.5 Å². The predicted molar refractivity (Wildman–Crippen MR) is 49.2 cm³/mol. The van der Waals surface area contributed by atoms with Crippen molar-refractivity contribution < 1.29 is 4.21 Å². The summed E-state index contributed by atoms with van der Waals surface area (Å²) in [6.07, 6.45) is 1.69. The summed E-state index contributed by atoms with van der Waals surface area (Å²) in [4.78, 5) is 0.